The minimum Gasteiger partial charge on any atom is -0.445 e. The molecule has 0 fully saturated rings. The van der Waals surface area contributed by atoms with Gasteiger partial charge in [0.05, 0.1) is 0 Å². The van der Waals surface area contributed by atoms with Gasteiger partial charge in [-0.05, 0) is 43.4 Å². The number of nitrogens with one attached hydrogen (secondary N) is 2. The van der Waals surface area contributed by atoms with Gasteiger partial charge in [0.1, 0.15) is 12.6 Å². The van der Waals surface area contributed by atoms with E-state index in [0.717, 1.165) is 22.4 Å². The van der Waals surface area contributed by atoms with Crippen molar-refractivity contribution in [3.05, 3.63) is 65.2 Å². The molecule has 5 nitrogen and oxygen atoms in total. The lowest BCUT2D eigenvalue weighted by atomic mass is 10.0. The minimum absolute atomic E-state index is 0.166. The first kappa shape index (κ1) is 20.5. The van der Waals surface area contributed by atoms with Crippen molar-refractivity contribution < 1.29 is 14.3 Å². The summed E-state index contributed by atoms with van der Waals surface area (Å²) in [6, 6.07) is 14.6. The lowest BCUT2D eigenvalue weighted by Gasteiger charge is -2.20. The van der Waals surface area contributed by atoms with Crippen LogP contribution < -0.4 is 10.6 Å². The summed E-state index contributed by atoms with van der Waals surface area (Å²) in [5.41, 5.74) is 3.76. The predicted molar refractivity (Wildman–Crippen MR) is 108 cm³/mol. The number of hydrogen-bond donors (Lipinski definition) is 2. The lowest BCUT2D eigenvalue weighted by Crippen LogP contribution is -2.44. The first-order chi connectivity index (χ1) is 12.8. The van der Waals surface area contributed by atoms with E-state index in [-0.39, 0.29) is 18.4 Å². The monoisotopic (exact) mass is 368 g/mol. The van der Waals surface area contributed by atoms with Gasteiger partial charge in [0.2, 0.25) is 5.91 Å². The van der Waals surface area contributed by atoms with Gasteiger partial charge in [-0.25, -0.2) is 4.79 Å². The fourth-order valence-electron chi connectivity index (χ4n) is 2.78. The summed E-state index contributed by atoms with van der Waals surface area (Å²) >= 11 is 0. The fraction of sp³-hybridized carbons (Fsp3) is 0.364. The highest BCUT2D eigenvalue weighted by molar-refractivity contribution is 5.97. The molecule has 5 heteroatoms. The Kier molecular flexibility index (Phi) is 7.41. The Morgan fingerprint density at radius 2 is 1.74 bits per heavy atom. The van der Waals surface area contributed by atoms with Crippen LogP contribution >= 0.6 is 0 Å². The molecular weight excluding hydrogens is 340 g/mol. The average molecular weight is 368 g/mol. The highest BCUT2D eigenvalue weighted by Gasteiger charge is 2.23. The number of carbonyl (C=O) groups excluding carboxylic acids is 2. The van der Waals surface area contributed by atoms with Gasteiger partial charge in [-0.2, -0.15) is 0 Å². The maximum absolute atomic E-state index is 12.7. The molecule has 0 bridgehead atoms. The Morgan fingerprint density at radius 1 is 1.04 bits per heavy atom. The van der Waals surface area contributed by atoms with Crippen molar-refractivity contribution in [3.63, 3.8) is 0 Å². The van der Waals surface area contributed by atoms with E-state index in [1.807, 2.05) is 76.2 Å². The largest absolute Gasteiger partial charge is 0.445 e. The van der Waals surface area contributed by atoms with Gasteiger partial charge in [-0.15, -0.1) is 0 Å². The average Bonchev–Trinajstić information content (AvgIpc) is 2.62. The normalized spacial score (nSPS) is 11.7. The van der Waals surface area contributed by atoms with Crippen molar-refractivity contribution in [1.82, 2.24) is 5.32 Å². The molecule has 0 spiro atoms. The third-order valence-electron chi connectivity index (χ3n) is 4.17. The number of anilines is 1. The molecule has 0 aliphatic rings. The Morgan fingerprint density at radius 3 is 2.37 bits per heavy atom. The molecule has 0 heterocycles. The minimum atomic E-state index is -0.658. The second kappa shape index (κ2) is 9.76. The molecule has 1 atom stereocenters. The summed E-state index contributed by atoms with van der Waals surface area (Å²) < 4.78 is 5.25. The standard InChI is InChI=1S/C22H28N2O3/c1-15(2)12-20(21(25)23-19-11-10-16(3)13-17(19)4)24-22(26)27-14-18-8-6-5-7-9-18/h5-11,13,15,20H,12,14H2,1-4H3,(H,23,25)(H,24,26)/t20-/m1/s1. The van der Waals surface area contributed by atoms with E-state index in [0.29, 0.717) is 6.42 Å². The predicted octanol–water partition coefficient (Wildman–Crippen LogP) is 4.58. The topological polar surface area (TPSA) is 67.4 Å². The SMILES string of the molecule is Cc1ccc(NC(=O)[C@@H](CC(C)C)NC(=O)OCc2ccccc2)c(C)c1. The number of ether oxygens (including phenoxy) is 1. The number of rotatable bonds is 7. The zero-order chi connectivity index (χ0) is 19.8. The molecule has 2 aromatic carbocycles. The molecule has 0 radical (unpaired) electrons. The van der Waals surface area contributed by atoms with Gasteiger partial charge in [-0.1, -0.05) is 61.9 Å². The number of amides is 2. The second-order valence-corrected chi connectivity index (χ2v) is 7.20. The maximum Gasteiger partial charge on any atom is 0.408 e. The number of benzene rings is 2. The van der Waals surface area contributed by atoms with Gasteiger partial charge in [-0.3, -0.25) is 4.79 Å². The number of aryl methyl sites for hydroxylation is 2. The zero-order valence-corrected chi connectivity index (χ0v) is 16.4. The van der Waals surface area contributed by atoms with E-state index in [9.17, 15) is 9.59 Å². The third kappa shape index (κ3) is 6.77. The Bertz CT molecular complexity index is 772. The van der Waals surface area contributed by atoms with E-state index >= 15 is 0 Å². The number of carbonyl (C=O) groups is 2. The van der Waals surface area contributed by atoms with Crippen LogP contribution in [0, 0.1) is 19.8 Å². The van der Waals surface area contributed by atoms with E-state index in [1.54, 1.807) is 0 Å². The summed E-state index contributed by atoms with van der Waals surface area (Å²) in [4.78, 5) is 24.9. The van der Waals surface area contributed by atoms with Crippen LogP contribution in [0.15, 0.2) is 48.5 Å². The molecular formula is C22H28N2O3. The van der Waals surface area contributed by atoms with Gasteiger partial charge < -0.3 is 15.4 Å². The van der Waals surface area contributed by atoms with Crippen LogP contribution in [0.2, 0.25) is 0 Å². The van der Waals surface area contributed by atoms with E-state index in [4.69, 9.17) is 4.74 Å². The summed E-state index contributed by atoms with van der Waals surface area (Å²) in [7, 11) is 0. The van der Waals surface area contributed by atoms with E-state index < -0.39 is 12.1 Å². The molecule has 27 heavy (non-hydrogen) atoms. The van der Waals surface area contributed by atoms with Crippen LogP contribution in [0.25, 0.3) is 0 Å². The highest BCUT2D eigenvalue weighted by Crippen LogP contribution is 2.17. The Balaban J connectivity index is 1.98. The highest BCUT2D eigenvalue weighted by atomic mass is 16.5. The molecule has 2 rings (SSSR count). The van der Waals surface area contributed by atoms with Crippen molar-refractivity contribution in [1.29, 1.82) is 0 Å². The Labute approximate surface area is 161 Å². The van der Waals surface area contributed by atoms with Gasteiger partial charge in [0.25, 0.3) is 0 Å². The molecule has 0 saturated heterocycles. The van der Waals surface area contributed by atoms with Crippen LogP contribution in [0.5, 0.6) is 0 Å². The molecule has 144 valence electrons. The molecule has 2 N–H and O–H groups in total. The van der Waals surface area contributed by atoms with Crippen LogP contribution in [-0.4, -0.2) is 18.0 Å². The quantitative estimate of drug-likeness (QED) is 0.751. The third-order valence-corrected chi connectivity index (χ3v) is 4.17. The van der Waals surface area contributed by atoms with Crippen LogP contribution in [0.3, 0.4) is 0 Å². The molecule has 0 unspecified atom stereocenters. The molecule has 2 amide bonds. The smallest absolute Gasteiger partial charge is 0.408 e. The zero-order valence-electron chi connectivity index (χ0n) is 16.4. The second-order valence-electron chi connectivity index (χ2n) is 7.20. The van der Waals surface area contributed by atoms with E-state index in [1.165, 1.54) is 0 Å². The van der Waals surface area contributed by atoms with Crippen LogP contribution in [0.4, 0.5) is 10.5 Å². The fourth-order valence-corrected chi connectivity index (χ4v) is 2.78. The molecule has 0 aromatic heterocycles. The summed E-state index contributed by atoms with van der Waals surface area (Å²) in [5, 5.41) is 5.61. The molecule has 0 aliphatic carbocycles. The first-order valence-electron chi connectivity index (χ1n) is 9.20. The van der Waals surface area contributed by atoms with Crippen LogP contribution in [0.1, 0.15) is 37.0 Å². The van der Waals surface area contributed by atoms with Crippen molar-refractivity contribution >= 4 is 17.7 Å². The molecule has 0 aliphatic heterocycles. The summed E-state index contributed by atoms with van der Waals surface area (Å²) in [6.07, 6.45) is -0.0720. The molecule has 0 saturated carbocycles. The van der Waals surface area contributed by atoms with Crippen LogP contribution in [-0.2, 0) is 16.1 Å². The van der Waals surface area contributed by atoms with E-state index in [2.05, 4.69) is 10.6 Å². The maximum atomic E-state index is 12.7. The number of alkyl carbamates (subject to hydrolysis) is 1. The number of hydrogen-bond acceptors (Lipinski definition) is 3. The Hall–Kier alpha value is -2.82. The lowest BCUT2D eigenvalue weighted by molar-refractivity contribution is -0.118. The first-order valence-corrected chi connectivity index (χ1v) is 9.20. The van der Waals surface area contributed by atoms with Crippen molar-refractivity contribution in [2.24, 2.45) is 5.92 Å². The van der Waals surface area contributed by atoms with Gasteiger partial charge >= 0.3 is 6.09 Å². The van der Waals surface area contributed by atoms with Gasteiger partial charge in [0, 0.05) is 5.69 Å². The molecule has 2 aromatic rings. The summed E-state index contributed by atoms with van der Waals surface area (Å²) in [5.74, 6) is 0.00148. The van der Waals surface area contributed by atoms with Crippen molar-refractivity contribution in [2.45, 2.75) is 46.8 Å². The van der Waals surface area contributed by atoms with Gasteiger partial charge in [0.15, 0.2) is 0 Å². The summed E-state index contributed by atoms with van der Waals surface area (Å²) in [6.45, 7) is 8.13. The van der Waals surface area contributed by atoms with Crippen molar-refractivity contribution in [2.75, 3.05) is 5.32 Å². The van der Waals surface area contributed by atoms with Crippen molar-refractivity contribution in [3.8, 4) is 0 Å².